The number of rotatable bonds is 9. The van der Waals surface area contributed by atoms with Gasteiger partial charge in [-0.1, -0.05) is 30.3 Å². The normalized spacial score (nSPS) is 9.95. The molecule has 0 atom stereocenters. The predicted molar refractivity (Wildman–Crippen MR) is 80.5 cm³/mol. The van der Waals surface area contributed by atoms with E-state index in [-0.39, 0.29) is 12.5 Å². The Balaban J connectivity index is 2.02. The quantitative estimate of drug-likeness (QED) is 0.596. The fourth-order valence-electron chi connectivity index (χ4n) is 1.63. The zero-order chi connectivity index (χ0) is 15.3. The minimum absolute atomic E-state index is 0.0251. The first-order valence-corrected chi connectivity index (χ1v) is 7.13. The number of nitrogens with one attached hydrogen (secondary N) is 2. The van der Waals surface area contributed by atoms with Gasteiger partial charge >= 0.3 is 6.09 Å². The number of alkyl carbamates (subject to hydrolysis) is 1. The first kappa shape index (κ1) is 17.0. The van der Waals surface area contributed by atoms with Gasteiger partial charge in [-0.05, 0) is 24.9 Å². The van der Waals surface area contributed by atoms with Gasteiger partial charge in [-0.3, -0.25) is 4.79 Å². The molecule has 1 rings (SSSR count). The van der Waals surface area contributed by atoms with Crippen molar-refractivity contribution >= 4 is 12.0 Å². The Kier molecular flexibility index (Phi) is 8.63. The number of carbonyl (C=O) groups excluding carboxylic acids is 2. The predicted octanol–water partition coefficient (Wildman–Crippen LogP) is 1.16. The molecular weight excluding hydrogens is 270 g/mol. The van der Waals surface area contributed by atoms with Crippen molar-refractivity contribution in [3.63, 3.8) is 0 Å². The van der Waals surface area contributed by atoms with Crippen LogP contribution in [0.25, 0.3) is 0 Å². The van der Waals surface area contributed by atoms with Gasteiger partial charge in [0, 0.05) is 19.5 Å². The molecule has 0 fully saturated rings. The maximum atomic E-state index is 11.4. The van der Waals surface area contributed by atoms with Gasteiger partial charge in [0.2, 0.25) is 5.91 Å². The summed E-state index contributed by atoms with van der Waals surface area (Å²) in [5.41, 5.74) is 6.26. The maximum Gasteiger partial charge on any atom is 0.407 e. The highest BCUT2D eigenvalue weighted by Crippen LogP contribution is 2.00. The molecule has 0 aromatic heterocycles. The fourth-order valence-corrected chi connectivity index (χ4v) is 1.63. The second-order valence-corrected chi connectivity index (χ2v) is 4.58. The Morgan fingerprint density at radius 3 is 2.48 bits per heavy atom. The fraction of sp³-hybridized carbons (Fsp3) is 0.467. The van der Waals surface area contributed by atoms with Gasteiger partial charge in [-0.15, -0.1) is 0 Å². The number of hydrogen-bond donors (Lipinski definition) is 3. The van der Waals surface area contributed by atoms with Crippen LogP contribution in [0.5, 0.6) is 0 Å². The Bertz CT molecular complexity index is 423. The molecule has 0 saturated heterocycles. The van der Waals surface area contributed by atoms with E-state index in [1.165, 1.54) is 0 Å². The van der Waals surface area contributed by atoms with E-state index in [4.69, 9.17) is 10.5 Å². The number of nitrogens with two attached hydrogens (primary N) is 1. The van der Waals surface area contributed by atoms with E-state index in [2.05, 4.69) is 10.6 Å². The summed E-state index contributed by atoms with van der Waals surface area (Å²) in [6, 6.07) is 9.46. The number of benzene rings is 1. The van der Waals surface area contributed by atoms with Crippen LogP contribution in [0.15, 0.2) is 30.3 Å². The van der Waals surface area contributed by atoms with Gasteiger partial charge in [-0.2, -0.15) is 0 Å². The minimum atomic E-state index is -0.470. The lowest BCUT2D eigenvalue weighted by molar-refractivity contribution is -0.121. The van der Waals surface area contributed by atoms with Crippen LogP contribution in [-0.4, -0.2) is 31.6 Å². The summed E-state index contributed by atoms with van der Waals surface area (Å²) in [5.74, 6) is -0.0251. The third kappa shape index (κ3) is 8.65. The smallest absolute Gasteiger partial charge is 0.407 e. The van der Waals surface area contributed by atoms with Crippen molar-refractivity contribution in [2.45, 2.75) is 25.9 Å². The van der Waals surface area contributed by atoms with Crippen molar-refractivity contribution in [2.75, 3.05) is 19.6 Å². The summed E-state index contributed by atoms with van der Waals surface area (Å²) in [5, 5.41) is 5.37. The standard InChI is InChI=1S/C15H23N3O3/c16-9-5-11-17-14(19)8-4-10-18-15(20)21-12-13-6-2-1-3-7-13/h1-3,6-7H,4-5,8-12,16H2,(H,17,19)(H,18,20). The van der Waals surface area contributed by atoms with Crippen LogP contribution in [0.3, 0.4) is 0 Å². The second kappa shape index (κ2) is 10.7. The van der Waals surface area contributed by atoms with Crippen molar-refractivity contribution in [1.82, 2.24) is 10.6 Å². The molecule has 1 aromatic carbocycles. The van der Waals surface area contributed by atoms with Crippen LogP contribution in [0.2, 0.25) is 0 Å². The number of carbonyl (C=O) groups is 2. The number of ether oxygens (including phenoxy) is 1. The Morgan fingerprint density at radius 2 is 1.76 bits per heavy atom. The average Bonchev–Trinajstić information content (AvgIpc) is 2.51. The molecule has 1 aromatic rings. The zero-order valence-electron chi connectivity index (χ0n) is 12.1. The Labute approximate surface area is 125 Å². The highest BCUT2D eigenvalue weighted by atomic mass is 16.5. The summed E-state index contributed by atoms with van der Waals surface area (Å²) in [6.07, 6.45) is 1.26. The topological polar surface area (TPSA) is 93.5 Å². The van der Waals surface area contributed by atoms with Crippen LogP contribution >= 0.6 is 0 Å². The van der Waals surface area contributed by atoms with Crippen molar-refractivity contribution in [3.8, 4) is 0 Å². The molecule has 6 heteroatoms. The van der Waals surface area contributed by atoms with E-state index in [1.54, 1.807) is 0 Å². The first-order valence-electron chi connectivity index (χ1n) is 7.13. The highest BCUT2D eigenvalue weighted by Gasteiger charge is 2.03. The molecule has 6 nitrogen and oxygen atoms in total. The van der Waals surface area contributed by atoms with Gasteiger partial charge in [0.15, 0.2) is 0 Å². The summed E-state index contributed by atoms with van der Waals surface area (Å²) in [4.78, 5) is 22.8. The summed E-state index contributed by atoms with van der Waals surface area (Å²) in [6.45, 7) is 1.82. The van der Waals surface area contributed by atoms with E-state index in [0.717, 1.165) is 12.0 Å². The van der Waals surface area contributed by atoms with Crippen LogP contribution in [0, 0.1) is 0 Å². The monoisotopic (exact) mass is 293 g/mol. The van der Waals surface area contributed by atoms with Crippen molar-refractivity contribution in [1.29, 1.82) is 0 Å². The van der Waals surface area contributed by atoms with Crippen LogP contribution in [0.4, 0.5) is 4.79 Å². The molecule has 116 valence electrons. The molecule has 0 bridgehead atoms. The Morgan fingerprint density at radius 1 is 1.05 bits per heavy atom. The molecule has 21 heavy (non-hydrogen) atoms. The highest BCUT2D eigenvalue weighted by molar-refractivity contribution is 5.75. The molecule has 2 amide bonds. The van der Waals surface area contributed by atoms with Gasteiger partial charge in [-0.25, -0.2) is 4.79 Å². The van der Waals surface area contributed by atoms with Crippen LogP contribution in [-0.2, 0) is 16.1 Å². The van der Waals surface area contributed by atoms with Crippen molar-refractivity contribution in [3.05, 3.63) is 35.9 Å². The lowest BCUT2D eigenvalue weighted by Crippen LogP contribution is -2.28. The number of hydrogen-bond acceptors (Lipinski definition) is 4. The third-order valence-electron chi connectivity index (χ3n) is 2.77. The third-order valence-corrected chi connectivity index (χ3v) is 2.77. The Hall–Kier alpha value is -2.08. The summed E-state index contributed by atoms with van der Waals surface area (Å²) >= 11 is 0. The largest absolute Gasteiger partial charge is 0.445 e. The number of amides is 2. The first-order chi connectivity index (χ1) is 10.2. The average molecular weight is 293 g/mol. The molecule has 0 aliphatic carbocycles. The minimum Gasteiger partial charge on any atom is -0.445 e. The lowest BCUT2D eigenvalue weighted by atomic mass is 10.2. The van der Waals surface area contributed by atoms with E-state index >= 15 is 0 Å². The molecule has 0 saturated carbocycles. The van der Waals surface area contributed by atoms with Gasteiger partial charge < -0.3 is 21.1 Å². The molecule has 0 spiro atoms. The van der Waals surface area contributed by atoms with Crippen molar-refractivity contribution < 1.29 is 14.3 Å². The molecule has 4 N–H and O–H groups in total. The zero-order valence-corrected chi connectivity index (χ0v) is 12.1. The van der Waals surface area contributed by atoms with Crippen LogP contribution in [0.1, 0.15) is 24.8 Å². The molecule has 0 radical (unpaired) electrons. The van der Waals surface area contributed by atoms with E-state index in [0.29, 0.717) is 32.5 Å². The molecular formula is C15H23N3O3. The van der Waals surface area contributed by atoms with Crippen molar-refractivity contribution in [2.24, 2.45) is 5.73 Å². The van der Waals surface area contributed by atoms with Gasteiger partial charge in [0.25, 0.3) is 0 Å². The SMILES string of the molecule is NCCCNC(=O)CCCNC(=O)OCc1ccccc1. The second-order valence-electron chi connectivity index (χ2n) is 4.58. The van der Waals surface area contributed by atoms with E-state index in [1.807, 2.05) is 30.3 Å². The lowest BCUT2D eigenvalue weighted by Gasteiger charge is -2.07. The molecule has 0 aliphatic rings. The van der Waals surface area contributed by atoms with E-state index < -0.39 is 6.09 Å². The molecule has 0 unspecified atom stereocenters. The molecule has 0 aliphatic heterocycles. The summed E-state index contributed by atoms with van der Waals surface area (Å²) < 4.78 is 5.05. The summed E-state index contributed by atoms with van der Waals surface area (Å²) in [7, 11) is 0. The van der Waals surface area contributed by atoms with Gasteiger partial charge in [0.1, 0.15) is 6.61 Å². The molecule has 0 heterocycles. The van der Waals surface area contributed by atoms with E-state index in [9.17, 15) is 9.59 Å². The maximum absolute atomic E-state index is 11.4. The van der Waals surface area contributed by atoms with Crippen LogP contribution < -0.4 is 16.4 Å². The van der Waals surface area contributed by atoms with Gasteiger partial charge in [0.05, 0.1) is 0 Å².